The molecule has 3 heteroatoms. The fourth-order valence-corrected chi connectivity index (χ4v) is 3.08. The highest BCUT2D eigenvalue weighted by molar-refractivity contribution is 5.75. The number of rotatable bonds is 3. The first-order valence-corrected chi connectivity index (χ1v) is 6.35. The van der Waals surface area contributed by atoms with Gasteiger partial charge >= 0.3 is 0 Å². The van der Waals surface area contributed by atoms with Gasteiger partial charge in [0.15, 0.2) is 5.79 Å². The Labute approximate surface area is 97.5 Å². The Balaban J connectivity index is 2.10. The van der Waals surface area contributed by atoms with Crippen LogP contribution in [0, 0.1) is 5.41 Å². The molecule has 2 fully saturated rings. The third kappa shape index (κ3) is 2.03. The fourth-order valence-electron chi connectivity index (χ4n) is 3.08. The number of ketones is 1. The van der Waals surface area contributed by atoms with Gasteiger partial charge in [-0.1, -0.05) is 13.3 Å². The van der Waals surface area contributed by atoms with Gasteiger partial charge in [-0.05, 0) is 26.2 Å². The molecule has 3 nitrogen and oxygen atoms in total. The van der Waals surface area contributed by atoms with Crippen LogP contribution < -0.4 is 0 Å². The Kier molecular flexibility index (Phi) is 3.36. The fraction of sp³-hybridized carbons (Fsp3) is 0.923. The lowest BCUT2D eigenvalue weighted by atomic mass is 9.67. The van der Waals surface area contributed by atoms with E-state index in [0.29, 0.717) is 19.6 Å². The maximum Gasteiger partial charge on any atom is 0.173 e. The van der Waals surface area contributed by atoms with Crippen LogP contribution in [0.5, 0.6) is 0 Å². The van der Waals surface area contributed by atoms with E-state index >= 15 is 0 Å². The molecule has 1 heterocycles. The minimum absolute atomic E-state index is 0.0212. The largest absolute Gasteiger partial charge is 0.347 e. The second kappa shape index (κ2) is 4.46. The molecule has 1 atom stereocenters. The van der Waals surface area contributed by atoms with Gasteiger partial charge in [0, 0.05) is 18.3 Å². The lowest BCUT2D eigenvalue weighted by molar-refractivity contribution is -0.253. The first-order chi connectivity index (χ1) is 7.58. The van der Waals surface area contributed by atoms with Gasteiger partial charge in [0.2, 0.25) is 0 Å². The number of carbonyl (C=O) groups excluding carboxylic acids is 1. The molecule has 0 N–H and O–H groups in total. The highest BCUT2D eigenvalue weighted by Crippen LogP contribution is 2.51. The van der Waals surface area contributed by atoms with Crippen LogP contribution in [0.3, 0.4) is 0 Å². The first-order valence-electron chi connectivity index (χ1n) is 6.35. The van der Waals surface area contributed by atoms with Crippen LogP contribution >= 0.6 is 0 Å². The molecule has 1 spiro atoms. The molecule has 92 valence electrons. The zero-order valence-electron chi connectivity index (χ0n) is 10.4. The number of hydrogen-bond acceptors (Lipinski definition) is 3. The van der Waals surface area contributed by atoms with E-state index in [2.05, 4.69) is 6.92 Å². The van der Waals surface area contributed by atoms with Gasteiger partial charge in [-0.25, -0.2) is 0 Å². The Bertz CT molecular complexity index is 268. The lowest BCUT2D eigenvalue weighted by Crippen LogP contribution is -2.50. The maximum atomic E-state index is 11.2. The zero-order chi connectivity index (χ0) is 11.6. The SMILES string of the molecule is CC(=O)CCC1(C)CCCCC12OCCO2. The summed E-state index contributed by atoms with van der Waals surface area (Å²) in [5.74, 6) is -0.124. The van der Waals surface area contributed by atoms with Crippen LogP contribution in [-0.4, -0.2) is 24.8 Å². The Hall–Kier alpha value is -0.410. The van der Waals surface area contributed by atoms with Gasteiger partial charge in [-0.2, -0.15) is 0 Å². The smallest absolute Gasteiger partial charge is 0.173 e. The van der Waals surface area contributed by atoms with Crippen molar-refractivity contribution >= 4 is 5.78 Å². The van der Waals surface area contributed by atoms with E-state index in [9.17, 15) is 4.79 Å². The van der Waals surface area contributed by atoms with Gasteiger partial charge in [-0.15, -0.1) is 0 Å². The molecule has 16 heavy (non-hydrogen) atoms. The highest BCUT2D eigenvalue weighted by atomic mass is 16.7. The van der Waals surface area contributed by atoms with Gasteiger partial charge < -0.3 is 14.3 Å². The first kappa shape index (κ1) is 12.1. The van der Waals surface area contributed by atoms with E-state index in [4.69, 9.17) is 9.47 Å². The van der Waals surface area contributed by atoms with Crippen LogP contribution in [0.4, 0.5) is 0 Å². The molecule has 1 saturated heterocycles. The summed E-state index contributed by atoms with van der Waals surface area (Å²) in [6, 6.07) is 0. The summed E-state index contributed by atoms with van der Waals surface area (Å²) in [5.41, 5.74) is 0.0212. The van der Waals surface area contributed by atoms with Crippen molar-refractivity contribution in [3.05, 3.63) is 0 Å². The minimum atomic E-state index is -0.388. The molecule has 1 saturated carbocycles. The van der Waals surface area contributed by atoms with Crippen molar-refractivity contribution in [3.63, 3.8) is 0 Å². The predicted molar refractivity (Wildman–Crippen MR) is 61.1 cm³/mol. The molecule has 0 radical (unpaired) electrons. The monoisotopic (exact) mass is 226 g/mol. The van der Waals surface area contributed by atoms with E-state index in [-0.39, 0.29) is 17.0 Å². The topological polar surface area (TPSA) is 35.5 Å². The molecule has 0 aromatic heterocycles. The van der Waals surface area contributed by atoms with Crippen LogP contribution in [0.15, 0.2) is 0 Å². The molecule has 1 unspecified atom stereocenters. The summed E-state index contributed by atoms with van der Waals surface area (Å²) in [6.45, 7) is 5.29. The predicted octanol–water partition coefficient (Wildman–Crippen LogP) is 2.68. The van der Waals surface area contributed by atoms with Gasteiger partial charge in [0.25, 0.3) is 0 Å². The second-order valence-corrected chi connectivity index (χ2v) is 5.42. The molecule has 0 aromatic carbocycles. The molecule has 1 aliphatic heterocycles. The number of ether oxygens (including phenoxy) is 2. The van der Waals surface area contributed by atoms with Crippen molar-refractivity contribution in [1.82, 2.24) is 0 Å². The highest BCUT2D eigenvalue weighted by Gasteiger charge is 2.53. The van der Waals surface area contributed by atoms with E-state index in [0.717, 1.165) is 19.3 Å². The minimum Gasteiger partial charge on any atom is -0.347 e. The molecule has 0 aromatic rings. The Morgan fingerprint density at radius 2 is 1.81 bits per heavy atom. The van der Waals surface area contributed by atoms with Crippen molar-refractivity contribution in [2.24, 2.45) is 5.41 Å². The summed E-state index contributed by atoms with van der Waals surface area (Å²) >= 11 is 0. The number of Topliss-reactive ketones (excluding diaryl/α,β-unsaturated/α-hetero) is 1. The van der Waals surface area contributed by atoms with Gasteiger partial charge in [0.1, 0.15) is 5.78 Å². The standard InChI is InChI=1S/C13H22O3/c1-11(14)5-8-12(2)6-3-4-7-13(12)15-9-10-16-13/h3-10H2,1-2H3. The molecule has 0 bridgehead atoms. The third-order valence-electron chi connectivity index (χ3n) is 4.19. The quantitative estimate of drug-likeness (QED) is 0.742. The summed E-state index contributed by atoms with van der Waals surface area (Å²) < 4.78 is 11.8. The summed E-state index contributed by atoms with van der Waals surface area (Å²) in [4.78, 5) is 11.2. The van der Waals surface area contributed by atoms with Gasteiger partial charge in [-0.3, -0.25) is 0 Å². The van der Waals surface area contributed by atoms with E-state index < -0.39 is 0 Å². The Morgan fingerprint density at radius 1 is 1.19 bits per heavy atom. The molecular weight excluding hydrogens is 204 g/mol. The molecule has 2 aliphatic rings. The summed E-state index contributed by atoms with van der Waals surface area (Å²) in [6.07, 6.45) is 6.04. The number of carbonyl (C=O) groups is 1. The maximum absolute atomic E-state index is 11.2. The average Bonchev–Trinajstić information content (AvgIpc) is 2.71. The summed E-state index contributed by atoms with van der Waals surface area (Å²) in [5, 5.41) is 0. The average molecular weight is 226 g/mol. The molecule has 2 rings (SSSR count). The number of hydrogen-bond donors (Lipinski definition) is 0. The van der Waals surface area contributed by atoms with Crippen molar-refractivity contribution < 1.29 is 14.3 Å². The molecular formula is C13H22O3. The Morgan fingerprint density at radius 3 is 2.44 bits per heavy atom. The molecule has 1 aliphatic carbocycles. The van der Waals surface area contributed by atoms with E-state index in [1.165, 1.54) is 12.8 Å². The van der Waals surface area contributed by atoms with Crippen LogP contribution in [0.25, 0.3) is 0 Å². The van der Waals surface area contributed by atoms with Crippen LogP contribution in [0.1, 0.15) is 52.4 Å². The van der Waals surface area contributed by atoms with Crippen molar-refractivity contribution in [1.29, 1.82) is 0 Å². The molecule has 0 amide bonds. The van der Waals surface area contributed by atoms with Crippen molar-refractivity contribution in [2.75, 3.05) is 13.2 Å². The van der Waals surface area contributed by atoms with Crippen LogP contribution in [0.2, 0.25) is 0 Å². The normalized spacial score (nSPS) is 33.1. The zero-order valence-corrected chi connectivity index (χ0v) is 10.4. The van der Waals surface area contributed by atoms with Crippen molar-refractivity contribution in [3.8, 4) is 0 Å². The third-order valence-corrected chi connectivity index (χ3v) is 4.19. The van der Waals surface area contributed by atoms with E-state index in [1.807, 2.05) is 0 Å². The summed E-state index contributed by atoms with van der Waals surface area (Å²) in [7, 11) is 0. The van der Waals surface area contributed by atoms with Crippen molar-refractivity contribution in [2.45, 2.75) is 58.2 Å². The lowest BCUT2D eigenvalue weighted by Gasteiger charge is -2.48. The van der Waals surface area contributed by atoms with Crippen LogP contribution in [-0.2, 0) is 14.3 Å². The second-order valence-electron chi connectivity index (χ2n) is 5.42. The van der Waals surface area contributed by atoms with E-state index in [1.54, 1.807) is 6.92 Å². The van der Waals surface area contributed by atoms with Gasteiger partial charge in [0.05, 0.1) is 13.2 Å².